The summed E-state index contributed by atoms with van der Waals surface area (Å²) in [6.07, 6.45) is 0.122. The predicted molar refractivity (Wildman–Crippen MR) is 42.4 cm³/mol. The minimum absolute atomic E-state index is 0.0166. The van der Waals surface area contributed by atoms with Crippen LogP contribution in [0.3, 0.4) is 0 Å². The first kappa shape index (κ1) is 7.72. The van der Waals surface area contributed by atoms with Crippen molar-refractivity contribution in [1.29, 1.82) is 0 Å². The quantitative estimate of drug-likeness (QED) is 0.279. The Labute approximate surface area is 73.1 Å². The Balaban J connectivity index is 2.45. The molecule has 5 heteroatoms. The summed E-state index contributed by atoms with van der Waals surface area (Å²) in [6.45, 7) is 0. The van der Waals surface area contributed by atoms with Crippen LogP contribution in [0.5, 0.6) is 5.75 Å². The number of ether oxygens (including phenoxy) is 1. The number of carbonyl (C=O) groups excluding carboxylic acids is 1. The summed E-state index contributed by atoms with van der Waals surface area (Å²) in [5.41, 5.74) is 0.566. The van der Waals surface area contributed by atoms with Crippen molar-refractivity contribution >= 4 is 11.7 Å². The van der Waals surface area contributed by atoms with Crippen LogP contribution in [-0.2, 0) is 11.2 Å². The van der Waals surface area contributed by atoms with Gasteiger partial charge in [-0.25, -0.2) is 0 Å². The molecule has 0 saturated carbocycles. The summed E-state index contributed by atoms with van der Waals surface area (Å²) < 4.78 is 4.78. The van der Waals surface area contributed by atoms with Crippen LogP contribution in [0.15, 0.2) is 18.2 Å². The lowest BCUT2D eigenvalue weighted by Crippen LogP contribution is -2.00. The van der Waals surface area contributed by atoms with Gasteiger partial charge in [0.15, 0.2) is 0 Å². The average molecular weight is 179 g/mol. The maximum atomic E-state index is 10.8. The average Bonchev–Trinajstić information content (AvgIpc) is 2.42. The van der Waals surface area contributed by atoms with Crippen LogP contribution >= 0.6 is 0 Å². The maximum Gasteiger partial charge on any atom is 0.315 e. The zero-order valence-electron chi connectivity index (χ0n) is 6.52. The first-order chi connectivity index (χ1) is 6.16. The zero-order chi connectivity index (χ0) is 9.42. The highest BCUT2D eigenvalue weighted by molar-refractivity contribution is 5.81. The van der Waals surface area contributed by atoms with E-state index in [0.29, 0.717) is 11.3 Å². The van der Waals surface area contributed by atoms with E-state index in [1.807, 2.05) is 0 Å². The Hall–Kier alpha value is -1.91. The van der Waals surface area contributed by atoms with Gasteiger partial charge in [0.1, 0.15) is 5.75 Å². The van der Waals surface area contributed by atoms with E-state index < -0.39 is 4.92 Å². The van der Waals surface area contributed by atoms with Gasteiger partial charge in [0.2, 0.25) is 0 Å². The van der Waals surface area contributed by atoms with Crippen LogP contribution in [0.25, 0.3) is 0 Å². The fraction of sp³-hybridized carbons (Fsp3) is 0.125. The molecule has 0 aliphatic carbocycles. The SMILES string of the molecule is O=C1Cc2cc([N+](=O)[O-])ccc2O1. The zero-order valence-corrected chi connectivity index (χ0v) is 6.52. The molecular formula is C8H5NO4. The lowest BCUT2D eigenvalue weighted by atomic mass is 10.1. The first-order valence-electron chi connectivity index (χ1n) is 3.65. The molecule has 0 amide bonds. The summed E-state index contributed by atoms with van der Waals surface area (Å²) in [5.74, 6) is 0.0612. The molecule has 0 N–H and O–H groups in total. The van der Waals surface area contributed by atoms with Crippen molar-refractivity contribution in [2.45, 2.75) is 6.42 Å². The smallest absolute Gasteiger partial charge is 0.315 e. The molecule has 1 aromatic rings. The fourth-order valence-corrected chi connectivity index (χ4v) is 1.23. The fourth-order valence-electron chi connectivity index (χ4n) is 1.23. The topological polar surface area (TPSA) is 69.4 Å². The molecule has 13 heavy (non-hydrogen) atoms. The largest absolute Gasteiger partial charge is 0.426 e. The van der Waals surface area contributed by atoms with E-state index in [0.717, 1.165) is 0 Å². The lowest BCUT2D eigenvalue weighted by molar-refractivity contribution is -0.384. The maximum absolute atomic E-state index is 10.8. The second kappa shape index (κ2) is 2.55. The van der Waals surface area contributed by atoms with Gasteiger partial charge in [0.25, 0.3) is 5.69 Å². The number of nitro benzene ring substituents is 1. The summed E-state index contributed by atoms with van der Waals surface area (Å²) in [4.78, 5) is 20.7. The van der Waals surface area contributed by atoms with Crippen molar-refractivity contribution < 1.29 is 14.5 Å². The molecule has 0 spiro atoms. The highest BCUT2D eigenvalue weighted by Crippen LogP contribution is 2.29. The molecule has 0 radical (unpaired) electrons. The second-order valence-corrected chi connectivity index (χ2v) is 2.70. The molecule has 0 fully saturated rings. The van der Waals surface area contributed by atoms with Gasteiger partial charge in [-0.1, -0.05) is 0 Å². The second-order valence-electron chi connectivity index (χ2n) is 2.70. The van der Waals surface area contributed by atoms with E-state index in [1.165, 1.54) is 18.2 Å². The van der Waals surface area contributed by atoms with Crippen molar-refractivity contribution in [1.82, 2.24) is 0 Å². The van der Waals surface area contributed by atoms with E-state index in [-0.39, 0.29) is 18.1 Å². The Bertz CT molecular complexity index is 399. The number of nitro groups is 1. The summed E-state index contributed by atoms with van der Waals surface area (Å²) >= 11 is 0. The molecule has 5 nitrogen and oxygen atoms in total. The number of non-ortho nitro benzene ring substituents is 1. The molecule has 1 aliphatic rings. The van der Waals surface area contributed by atoms with Crippen molar-refractivity contribution in [2.24, 2.45) is 0 Å². The van der Waals surface area contributed by atoms with E-state index in [1.54, 1.807) is 0 Å². The molecule has 0 unspecified atom stereocenters. The Morgan fingerprint density at radius 3 is 2.92 bits per heavy atom. The van der Waals surface area contributed by atoms with E-state index in [4.69, 9.17) is 4.74 Å². The number of benzene rings is 1. The molecule has 0 bridgehead atoms. The van der Waals surface area contributed by atoms with Crippen LogP contribution in [0.4, 0.5) is 5.69 Å². The molecular weight excluding hydrogens is 174 g/mol. The number of esters is 1. The number of hydrogen-bond donors (Lipinski definition) is 0. The summed E-state index contributed by atoms with van der Waals surface area (Å²) in [5, 5.41) is 10.4. The van der Waals surface area contributed by atoms with Gasteiger partial charge < -0.3 is 4.74 Å². The van der Waals surface area contributed by atoms with Crippen LogP contribution in [0.2, 0.25) is 0 Å². The molecule has 0 aromatic heterocycles. The summed E-state index contributed by atoms with van der Waals surface area (Å²) in [7, 11) is 0. The molecule has 66 valence electrons. The molecule has 0 atom stereocenters. The minimum Gasteiger partial charge on any atom is -0.426 e. The molecule has 1 aliphatic heterocycles. The number of nitrogens with zero attached hydrogens (tertiary/aromatic N) is 1. The molecule has 2 rings (SSSR count). The normalized spacial score (nSPS) is 13.7. The highest BCUT2D eigenvalue weighted by Gasteiger charge is 2.22. The monoisotopic (exact) mass is 179 g/mol. The van der Waals surface area contributed by atoms with Crippen LogP contribution in [0, 0.1) is 10.1 Å². The van der Waals surface area contributed by atoms with Crippen molar-refractivity contribution in [3.05, 3.63) is 33.9 Å². The third kappa shape index (κ3) is 1.24. The van der Waals surface area contributed by atoms with Crippen LogP contribution in [0.1, 0.15) is 5.56 Å². The lowest BCUT2D eigenvalue weighted by Gasteiger charge is -1.95. The van der Waals surface area contributed by atoms with Gasteiger partial charge >= 0.3 is 5.97 Å². The van der Waals surface area contributed by atoms with E-state index >= 15 is 0 Å². The first-order valence-corrected chi connectivity index (χ1v) is 3.65. The Kier molecular flexibility index (Phi) is 1.51. The molecule has 1 aromatic carbocycles. The summed E-state index contributed by atoms with van der Waals surface area (Å²) in [6, 6.07) is 4.12. The van der Waals surface area contributed by atoms with E-state index in [2.05, 4.69) is 0 Å². The minimum atomic E-state index is -0.497. The number of carbonyl (C=O) groups is 1. The van der Waals surface area contributed by atoms with Gasteiger partial charge in [0.05, 0.1) is 11.3 Å². The van der Waals surface area contributed by atoms with Gasteiger partial charge in [-0.15, -0.1) is 0 Å². The predicted octanol–water partition coefficient (Wildman–Crippen LogP) is 1.06. The van der Waals surface area contributed by atoms with Gasteiger partial charge in [-0.2, -0.15) is 0 Å². The van der Waals surface area contributed by atoms with Crippen LogP contribution < -0.4 is 4.74 Å². The van der Waals surface area contributed by atoms with Gasteiger partial charge in [-0.3, -0.25) is 14.9 Å². The Morgan fingerprint density at radius 1 is 1.46 bits per heavy atom. The molecule has 0 saturated heterocycles. The third-order valence-corrected chi connectivity index (χ3v) is 1.81. The van der Waals surface area contributed by atoms with E-state index in [9.17, 15) is 14.9 Å². The van der Waals surface area contributed by atoms with Crippen molar-refractivity contribution in [3.8, 4) is 5.75 Å². The number of hydrogen-bond acceptors (Lipinski definition) is 4. The van der Waals surface area contributed by atoms with Crippen LogP contribution in [-0.4, -0.2) is 10.9 Å². The molecule has 1 heterocycles. The highest BCUT2D eigenvalue weighted by atomic mass is 16.6. The standard InChI is InChI=1S/C8H5NO4/c10-8-4-5-3-6(9(11)12)1-2-7(5)13-8/h1-3H,4H2. The van der Waals surface area contributed by atoms with Gasteiger partial charge in [-0.05, 0) is 6.07 Å². The third-order valence-electron chi connectivity index (χ3n) is 1.81. The Morgan fingerprint density at radius 2 is 2.23 bits per heavy atom. The van der Waals surface area contributed by atoms with Crippen molar-refractivity contribution in [2.75, 3.05) is 0 Å². The van der Waals surface area contributed by atoms with Gasteiger partial charge in [0, 0.05) is 17.7 Å². The number of fused-ring (bicyclic) bond motifs is 1. The number of rotatable bonds is 1. The van der Waals surface area contributed by atoms with Crippen molar-refractivity contribution in [3.63, 3.8) is 0 Å².